The maximum Gasteiger partial charge on any atom is 0.417 e. The molecule has 3 aromatic heterocycles. The van der Waals surface area contributed by atoms with Crippen molar-refractivity contribution in [3.8, 4) is 0 Å². The molecule has 0 aromatic carbocycles. The molecule has 0 spiro atoms. The second kappa shape index (κ2) is 9.99. The average molecular weight is 494 g/mol. The molecule has 35 heavy (non-hydrogen) atoms. The number of nitrogens with zero attached hydrogens (tertiary/aromatic N) is 4. The summed E-state index contributed by atoms with van der Waals surface area (Å²) in [6.07, 6.45) is -1.86. The van der Waals surface area contributed by atoms with Crippen LogP contribution in [0.2, 0.25) is 0 Å². The van der Waals surface area contributed by atoms with Gasteiger partial charge in [-0.05, 0) is 38.1 Å². The van der Waals surface area contributed by atoms with Crippen LogP contribution in [0.5, 0.6) is 0 Å². The first-order chi connectivity index (χ1) is 16.4. The van der Waals surface area contributed by atoms with Crippen molar-refractivity contribution in [1.82, 2.24) is 19.9 Å². The lowest BCUT2D eigenvalue weighted by atomic mass is 10.1. The molecule has 3 rings (SSSR count). The topological polar surface area (TPSA) is 114 Å². The van der Waals surface area contributed by atoms with Crippen molar-refractivity contribution >= 4 is 23.3 Å². The van der Waals surface area contributed by atoms with E-state index in [-0.39, 0.29) is 22.8 Å². The highest BCUT2D eigenvalue weighted by Gasteiger charge is 2.33. The molecule has 13 heteroatoms. The molecule has 8 nitrogen and oxygen atoms in total. The van der Waals surface area contributed by atoms with Gasteiger partial charge in [0.2, 0.25) is 0 Å². The molecule has 0 aliphatic carbocycles. The van der Waals surface area contributed by atoms with Gasteiger partial charge in [-0.15, -0.1) is 0 Å². The molecule has 0 saturated carbocycles. The van der Waals surface area contributed by atoms with E-state index in [1.807, 2.05) is 0 Å². The largest absolute Gasteiger partial charge is 0.417 e. The minimum atomic E-state index is -4.62. The maximum absolute atomic E-state index is 14.4. The van der Waals surface area contributed by atoms with Crippen molar-refractivity contribution in [1.29, 1.82) is 0 Å². The summed E-state index contributed by atoms with van der Waals surface area (Å²) in [7, 11) is 0. The Morgan fingerprint density at radius 3 is 2.43 bits per heavy atom. The fraction of sp³-hybridized carbons (Fsp3) is 0.227. The number of amides is 2. The first-order valence-corrected chi connectivity index (χ1v) is 10.0. The lowest BCUT2D eigenvalue weighted by Crippen LogP contribution is -2.41. The summed E-state index contributed by atoms with van der Waals surface area (Å²) in [5.41, 5.74) is 3.82. The molecule has 0 radical (unpaired) electrons. The monoisotopic (exact) mass is 494 g/mol. The Labute approximate surface area is 196 Å². The molecule has 1 atom stereocenters. The first-order valence-electron chi connectivity index (χ1n) is 10.0. The molecule has 0 aliphatic rings. The fourth-order valence-corrected chi connectivity index (χ4v) is 3.09. The van der Waals surface area contributed by atoms with Crippen LogP contribution in [0.1, 0.15) is 35.5 Å². The number of rotatable bonds is 5. The number of carbonyl (C=O) groups excluding carboxylic acids is 2. The molecule has 184 valence electrons. The normalized spacial score (nSPS) is 12.2. The van der Waals surface area contributed by atoms with Gasteiger partial charge in [-0.3, -0.25) is 19.6 Å². The number of aromatic nitrogens is 3. The van der Waals surface area contributed by atoms with E-state index < -0.39 is 53.5 Å². The highest BCUT2D eigenvalue weighted by Crippen LogP contribution is 2.29. The average Bonchev–Trinajstić information content (AvgIpc) is 2.82. The molecule has 2 amide bonds. The van der Waals surface area contributed by atoms with Crippen LogP contribution < -0.4 is 11.1 Å². The summed E-state index contributed by atoms with van der Waals surface area (Å²) in [4.78, 5) is 37.9. The van der Waals surface area contributed by atoms with Crippen LogP contribution in [-0.4, -0.2) is 31.7 Å². The highest BCUT2D eigenvalue weighted by atomic mass is 19.4. The maximum atomic E-state index is 14.4. The van der Waals surface area contributed by atoms with Gasteiger partial charge in [0.1, 0.15) is 11.6 Å². The van der Waals surface area contributed by atoms with Crippen molar-refractivity contribution in [3.63, 3.8) is 0 Å². The summed E-state index contributed by atoms with van der Waals surface area (Å²) in [6, 6.07) is 3.05. The van der Waals surface area contributed by atoms with Crippen LogP contribution >= 0.6 is 0 Å². The van der Waals surface area contributed by atoms with E-state index in [0.29, 0.717) is 6.20 Å². The van der Waals surface area contributed by atoms with Gasteiger partial charge in [-0.1, -0.05) is 0 Å². The molecule has 0 bridgehead atoms. The number of hydrogen-bond donors (Lipinski definition) is 2. The molecular formula is C22H19F5N6O2. The number of halogens is 5. The Morgan fingerprint density at radius 2 is 1.83 bits per heavy atom. The Kier molecular flexibility index (Phi) is 7.27. The zero-order valence-electron chi connectivity index (χ0n) is 18.4. The van der Waals surface area contributed by atoms with Gasteiger partial charge >= 0.3 is 18.0 Å². The van der Waals surface area contributed by atoms with Gasteiger partial charge in [0, 0.05) is 18.0 Å². The van der Waals surface area contributed by atoms with Crippen molar-refractivity contribution in [2.45, 2.75) is 32.6 Å². The lowest BCUT2D eigenvalue weighted by molar-refractivity contribution is -0.145. The molecule has 3 heterocycles. The third-order valence-electron chi connectivity index (χ3n) is 5.12. The van der Waals surface area contributed by atoms with Crippen LogP contribution in [0.3, 0.4) is 0 Å². The SMILES string of the molecule is Cc1c(N)ncc(NC(=O)C(=O)N(Cc2ccc(C(F)(F)F)cn2)C(C)c2ncccc2F)c1F. The Balaban J connectivity index is 1.92. The number of carbonyl (C=O) groups is 2. The van der Waals surface area contributed by atoms with Crippen LogP contribution in [-0.2, 0) is 22.3 Å². The smallest absolute Gasteiger partial charge is 0.383 e. The Bertz CT molecular complexity index is 1250. The minimum absolute atomic E-state index is 0.0153. The van der Waals surface area contributed by atoms with Gasteiger partial charge in [0.15, 0.2) is 5.82 Å². The predicted molar refractivity (Wildman–Crippen MR) is 114 cm³/mol. The molecule has 3 aromatic rings. The Hall–Kier alpha value is -4.16. The quantitative estimate of drug-likeness (QED) is 0.412. The molecule has 1 unspecified atom stereocenters. The van der Waals surface area contributed by atoms with E-state index in [1.54, 1.807) is 0 Å². The molecule has 0 fully saturated rings. The fourth-order valence-electron chi connectivity index (χ4n) is 3.09. The van der Waals surface area contributed by atoms with Gasteiger partial charge < -0.3 is 16.0 Å². The van der Waals surface area contributed by atoms with Crippen molar-refractivity contribution < 1.29 is 31.5 Å². The number of nitrogens with two attached hydrogens (primary N) is 1. The number of alkyl halides is 3. The summed E-state index contributed by atoms with van der Waals surface area (Å²) >= 11 is 0. The zero-order chi connectivity index (χ0) is 25.9. The van der Waals surface area contributed by atoms with Gasteiger partial charge in [-0.2, -0.15) is 13.2 Å². The van der Waals surface area contributed by atoms with E-state index in [9.17, 15) is 31.5 Å². The van der Waals surface area contributed by atoms with E-state index in [0.717, 1.165) is 29.3 Å². The molecule has 3 N–H and O–H groups in total. The standard InChI is InChI=1S/C22H19F5N6O2/c1-11-17(24)16(9-31-19(11)28)32-20(34)21(35)33(12(2)18-15(23)4-3-7-29-18)10-14-6-5-13(8-30-14)22(25,26)27/h3-9,12H,10H2,1-2H3,(H2,28,31)(H,32,34). The summed E-state index contributed by atoms with van der Waals surface area (Å²) in [5, 5.41) is 2.09. The number of anilines is 2. The third-order valence-corrected chi connectivity index (χ3v) is 5.12. The van der Waals surface area contributed by atoms with Crippen LogP contribution in [0.15, 0.2) is 42.9 Å². The number of nitrogen functional groups attached to an aromatic ring is 1. The minimum Gasteiger partial charge on any atom is -0.383 e. The van der Waals surface area contributed by atoms with Gasteiger partial charge in [0.25, 0.3) is 0 Å². The third kappa shape index (κ3) is 5.67. The second-order valence-corrected chi connectivity index (χ2v) is 7.47. The van der Waals surface area contributed by atoms with Crippen LogP contribution in [0, 0.1) is 18.6 Å². The Morgan fingerprint density at radius 1 is 1.11 bits per heavy atom. The zero-order valence-corrected chi connectivity index (χ0v) is 18.4. The van der Waals surface area contributed by atoms with Crippen LogP contribution in [0.4, 0.5) is 33.5 Å². The predicted octanol–water partition coefficient (Wildman–Crippen LogP) is 3.79. The van der Waals surface area contributed by atoms with E-state index >= 15 is 0 Å². The van der Waals surface area contributed by atoms with Crippen molar-refractivity contribution in [2.24, 2.45) is 0 Å². The molecule has 0 saturated heterocycles. The molecular weight excluding hydrogens is 475 g/mol. The summed E-state index contributed by atoms with van der Waals surface area (Å²) in [5.74, 6) is -4.33. The van der Waals surface area contributed by atoms with Gasteiger partial charge in [-0.25, -0.2) is 13.8 Å². The molecule has 0 aliphatic heterocycles. The number of hydrogen-bond acceptors (Lipinski definition) is 6. The van der Waals surface area contributed by atoms with E-state index in [4.69, 9.17) is 5.73 Å². The highest BCUT2D eigenvalue weighted by molar-refractivity contribution is 6.39. The van der Waals surface area contributed by atoms with Crippen molar-refractivity contribution in [3.05, 3.63) is 77.0 Å². The number of nitrogens with one attached hydrogen (secondary N) is 1. The number of pyridine rings is 3. The van der Waals surface area contributed by atoms with Crippen molar-refractivity contribution in [2.75, 3.05) is 11.1 Å². The van der Waals surface area contributed by atoms with Crippen LogP contribution in [0.25, 0.3) is 0 Å². The summed E-state index contributed by atoms with van der Waals surface area (Å²) in [6.45, 7) is 2.23. The van der Waals surface area contributed by atoms with E-state index in [2.05, 4.69) is 20.3 Å². The van der Waals surface area contributed by atoms with Gasteiger partial charge in [0.05, 0.1) is 41.4 Å². The second-order valence-electron chi connectivity index (χ2n) is 7.47. The van der Waals surface area contributed by atoms with E-state index in [1.165, 1.54) is 26.1 Å². The summed E-state index contributed by atoms with van der Waals surface area (Å²) < 4.78 is 67.3. The first kappa shape index (κ1) is 25.5. The lowest BCUT2D eigenvalue weighted by Gasteiger charge is -2.28.